The Labute approximate surface area is 117 Å². The van der Waals surface area contributed by atoms with Crippen molar-refractivity contribution in [2.24, 2.45) is 5.73 Å². The van der Waals surface area contributed by atoms with Gasteiger partial charge in [-0.15, -0.1) is 0 Å². The molecule has 2 rings (SSSR count). The third-order valence-corrected chi connectivity index (χ3v) is 4.69. The van der Waals surface area contributed by atoms with Gasteiger partial charge in [0.25, 0.3) is 0 Å². The molecule has 1 aliphatic carbocycles. The summed E-state index contributed by atoms with van der Waals surface area (Å²) in [6, 6.07) is 0.639. The van der Waals surface area contributed by atoms with Crippen LogP contribution in [0.25, 0.3) is 0 Å². The van der Waals surface area contributed by atoms with Crippen LogP contribution in [0.2, 0.25) is 0 Å². The Bertz CT molecular complexity index is 287. The van der Waals surface area contributed by atoms with Crippen LogP contribution >= 0.6 is 0 Å². The lowest BCUT2D eigenvalue weighted by Crippen LogP contribution is -2.51. The van der Waals surface area contributed by atoms with E-state index in [1.165, 1.54) is 38.5 Å². The van der Waals surface area contributed by atoms with E-state index in [-0.39, 0.29) is 6.04 Å². The molecule has 110 valence electrons. The van der Waals surface area contributed by atoms with Crippen molar-refractivity contribution in [1.82, 2.24) is 9.80 Å². The van der Waals surface area contributed by atoms with Crippen molar-refractivity contribution < 1.29 is 4.79 Å². The summed E-state index contributed by atoms with van der Waals surface area (Å²) in [5.74, 6) is 0.294. The number of hydrogen-bond donors (Lipinski definition) is 1. The molecule has 0 radical (unpaired) electrons. The van der Waals surface area contributed by atoms with Crippen LogP contribution in [-0.4, -0.2) is 54.5 Å². The van der Waals surface area contributed by atoms with Crippen molar-refractivity contribution in [1.29, 1.82) is 0 Å². The molecule has 1 saturated heterocycles. The molecule has 4 nitrogen and oxygen atoms in total. The van der Waals surface area contributed by atoms with Gasteiger partial charge in [0.1, 0.15) is 0 Å². The molecule has 1 heterocycles. The fraction of sp³-hybridized carbons (Fsp3) is 0.933. The highest BCUT2D eigenvalue weighted by molar-refractivity contribution is 5.78. The van der Waals surface area contributed by atoms with E-state index in [4.69, 9.17) is 5.73 Å². The Hall–Kier alpha value is -0.610. The summed E-state index contributed by atoms with van der Waals surface area (Å²) in [6.07, 6.45) is 9.61. The van der Waals surface area contributed by atoms with Gasteiger partial charge in [-0.05, 0) is 32.7 Å². The molecule has 1 saturated carbocycles. The minimum atomic E-state index is 0.246. The van der Waals surface area contributed by atoms with Gasteiger partial charge in [-0.2, -0.15) is 0 Å². The normalized spacial score (nSPS) is 29.3. The first-order valence-corrected chi connectivity index (χ1v) is 7.92. The molecular weight excluding hydrogens is 238 g/mol. The second kappa shape index (κ2) is 7.25. The third kappa shape index (κ3) is 4.18. The van der Waals surface area contributed by atoms with Crippen molar-refractivity contribution in [2.45, 2.75) is 63.5 Å². The Morgan fingerprint density at radius 3 is 2.37 bits per heavy atom. The van der Waals surface area contributed by atoms with E-state index in [2.05, 4.69) is 16.8 Å². The van der Waals surface area contributed by atoms with Crippen LogP contribution in [0.3, 0.4) is 0 Å². The molecule has 1 aliphatic heterocycles. The van der Waals surface area contributed by atoms with Crippen molar-refractivity contribution in [3.05, 3.63) is 0 Å². The molecule has 19 heavy (non-hydrogen) atoms. The molecule has 0 aromatic heterocycles. The summed E-state index contributed by atoms with van der Waals surface area (Å²) in [6.45, 7) is 2.44. The topological polar surface area (TPSA) is 49.6 Å². The number of carbonyl (C=O) groups is 1. The maximum atomic E-state index is 12.4. The lowest BCUT2D eigenvalue weighted by molar-refractivity contribution is -0.132. The maximum absolute atomic E-state index is 12.4. The van der Waals surface area contributed by atoms with E-state index in [0.29, 0.717) is 18.5 Å². The minimum absolute atomic E-state index is 0.246. The van der Waals surface area contributed by atoms with Gasteiger partial charge >= 0.3 is 0 Å². The highest BCUT2D eigenvalue weighted by Gasteiger charge is 2.27. The van der Waals surface area contributed by atoms with Crippen molar-refractivity contribution in [2.75, 3.05) is 26.7 Å². The summed E-state index contributed by atoms with van der Waals surface area (Å²) < 4.78 is 0. The summed E-state index contributed by atoms with van der Waals surface area (Å²) in [5.41, 5.74) is 6.19. The number of amides is 1. The minimum Gasteiger partial charge on any atom is -0.342 e. The van der Waals surface area contributed by atoms with Crippen LogP contribution in [0.4, 0.5) is 0 Å². The Kier molecular flexibility index (Phi) is 5.64. The number of likely N-dealkylation sites (N-methyl/N-ethyl adjacent to an activating group) is 1. The molecular formula is C15H29N3O. The molecule has 1 amide bonds. The van der Waals surface area contributed by atoms with Gasteiger partial charge in [0.05, 0.1) is 6.54 Å². The predicted octanol–water partition coefficient (Wildman–Crippen LogP) is 1.59. The van der Waals surface area contributed by atoms with Crippen molar-refractivity contribution in [3.63, 3.8) is 0 Å². The van der Waals surface area contributed by atoms with Crippen LogP contribution in [-0.2, 0) is 4.79 Å². The van der Waals surface area contributed by atoms with Crippen LogP contribution in [0.5, 0.6) is 0 Å². The first-order valence-electron chi connectivity index (χ1n) is 7.92. The van der Waals surface area contributed by atoms with Crippen LogP contribution in [0.15, 0.2) is 0 Å². The number of carbonyl (C=O) groups excluding carboxylic acids is 1. The van der Waals surface area contributed by atoms with Gasteiger partial charge in [0, 0.05) is 25.2 Å². The van der Waals surface area contributed by atoms with Gasteiger partial charge in [0.2, 0.25) is 5.91 Å². The average Bonchev–Trinajstić information content (AvgIpc) is 2.68. The SMILES string of the molecule is CN(CC(=O)N1CCCCCC1)C1CCCCC1N. The van der Waals surface area contributed by atoms with Gasteiger partial charge in [-0.1, -0.05) is 25.7 Å². The number of rotatable bonds is 3. The fourth-order valence-corrected chi connectivity index (χ4v) is 3.44. The summed E-state index contributed by atoms with van der Waals surface area (Å²) >= 11 is 0. The van der Waals surface area contributed by atoms with Gasteiger partial charge < -0.3 is 10.6 Å². The van der Waals surface area contributed by atoms with Crippen LogP contribution < -0.4 is 5.73 Å². The smallest absolute Gasteiger partial charge is 0.236 e. The summed E-state index contributed by atoms with van der Waals surface area (Å²) in [5, 5.41) is 0. The van der Waals surface area contributed by atoms with Crippen LogP contribution in [0.1, 0.15) is 51.4 Å². The number of likely N-dealkylation sites (tertiary alicyclic amines) is 1. The molecule has 2 aliphatic rings. The molecule has 2 atom stereocenters. The lowest BCUT2D eigenvalue weighted by Gasteiger charge is -2.36. The fourth-order valence-electron chi connectivity index (χ4n) is 3.44. The standard InChI is InChI=1S/C15H29N3O/c1-17(14-9-5-4-8-13(14)16)12-15(19)18-10-6-2-3-7-11-18/h13-14H,2-12,16H2,1H3. The largest absolute Gasteiger partial charge is 0.342 e. The zero-order valence-electron chi connectivity index (χ0n) is 12.3. The number of nitrogens with two attached hydrogens (primary N) is 1. The zero-order chi connectivity index (χ0) is 13.7. The third-order valence-electron chi connectivity index (χ3n) is 4.69. The van der Waals surface area contributed by atoms with Crippen LogP contribution in [0, 0.1) is 0 Å². The molecule has 2 N–H and O–H groups in total. The number of nitrogens with zero attached hydrogens (tertiary/aromatic N) is 2. The van der Waals surface area contributed by atoms with E-state index in [0.717, 1.165) is 25.9 Å². The Balaban J connectivity index is 1.83. The Morgan fingerprint density at radius 2 is 1.74 bits per heavy atom. The molecule has 4 heteroatoms. The van der Waals surface area contributed by atoms with E-state index < -0.39 is 0 Å². The van der Waals surface area contributed by atoms with Gasteiger partial charge in [0.15, 0.2) is 0 Å². The highest BCUT2D eigenvalue weighted by atomic mass is 16.2. The summed E-state index contributed by atoms with van der Waals surface area (Å²) in [7, 11) is 2.06. The molecule has 2 unspecified atom stereocenters. The van der Waals surface area contributed by atoms with E-state index >= 15 is 0 Å². The second-order valence-corrected chi connectivity index (χ2v) is 6.23. The van der Waals surface area contributed by atoms with Crippen molar-refractivity contribution >= 4 is 5.91 Å². The monoisotopic (exact) mass is 267 g/mol. The van der Waals surface area contributed by atoms with E-state index in [1.807, 2.05) is 0 Å². The van der Waals surface area contributed by atoms with E-state index in [1.54, 1.807) is 0 Å². The highest BCUT2D eigenvalue weighted by Crippen LogP contribution is 2.21. The van der Waals surface area contributed by atoms with E-state index in [9.17, 15) is 4.79 Å². The first-order chi connectivity index (χ1) is 9.18. The summed E-state index contributed by atoms with van der Waals surface area (Å²) in [4.78, 5) is 16.6. The van der Waals surface area contributed by atoms with Crippen molar-refractivity contribution in [3.8, 4) is 0 Å². The van der Waals surface area contributed by atoms with Gasteiger partial charge in [-0.3, -0.25) is 9.69 Å². The number of hydrogen-bond acceptors (Lipinski definition) is 3. The average molecular weight is 267 g/mol. The second-order valence-electron chi connectivity index (χ2n) is 6.23. The first kappa shape index (κ1) is 14.8. The molecule has 0 aromatic carbocycles. The maximum Gasteiger partial charge on any atom is 0.236 e. The zero-order valence-corrected chi connectivity index (χ0v) is 12.3. The molecule has 0 aromatic rings. The molecule has 0 spiro atoms. The molecule has 0 bridgehead atoms. The quantitative estimate of drug-likeness (QED) is 0.845. The Morgan fingerprint density at radius 1 is 1.11 bits per heavy atom. The lowest BCUT2D eigenvalue weighted by atomic mass is 9.90. The predicted molar refractivity (Wildman–Crippen MR) is 77.9 cm³/mol. The molecule has 2 fully saturated rings. The van der Waals surface area contributed by atoms with Gasteiger partial charge in [-0.25, -0.2) is 0 Å².